The van der Waals surface area contributed by atoms with E-state index in [1.54, 1.807) is 6.92 Å². The van der Waals surface area contributed by atoms with Gasteiger partial charge in [-0.1, -0.05) is 6.08 Å². The van der Waals surface area contributed by atoms with Crippen molar-refractivity contribution in [2.75, 3.05) is 13.7 Å². The predicted octanol–water partition coefficient (Wildman–Crippen LogP) is 1.64. The molecular formula is C11H19NO2. The monoisotopic (exact) mass is 197 g/mol. The Bertz CT molecular complexity index is 242. The van der Waals surface area contributed by atoms with Crippen LogP contribution in [0.2, 0.25) is 0 Å². The van der Waals surface area contributed by atoms with Crippen molar-refractivity contribution in [3.8, 4) is 0 Å². The van der Waals surface area contributed by atoms with Crippen LogP contribution in [-0.2, 0) is 9.53 Å². The molecule has 14 heavy (non-hydrogen) atoms. The molecule has 0 aromatic carbocycles. The standard InChI is InChI=1S/C11H19NO2/c1-9(10(13)14-3)5-8-12-11(2)6-4-7-11/h5,12H,4,6-8H2,1-3H3. The van der Waals surface area contributed by atoms with Gasteiger partial charge in [-0.3, -0.25) is 0 Å². The molecule has 0 radical (unpaired) electrons. The van der Waals surface area contributed by atoms with Gasteiger partial charge in [0.15, 0.2) is 0 Å². The Morgan fingerprint density at radius 2 is 2.21 bits per heavy atom. The molecule has 1 aliphatic rings. The van der Waals surface area contributed by atoms with Crippen LogP contribution >= 0.6 is 0 Å². The van der Waals surface area contributed by atoms with Gasteiger partial charge in [-0.2, -0.15) is 0 Å². The number of methoxy groups -OCH3 is 1. The first-order valence-corrected chi connectivity index (χ1v) is 5.07. The number of carbonyl (C=O) groups excluding carboxylic acids is 1. The van der Waals surface area contributed by atoms with Gasteiger partial charge in [0.2, 0.25) is 0 Å². The molecule has 1 saturated carbocycles. The van der Waals surface area contributed by atoms with E-state index < -0.39 is 0 Å². The molecule has 0 amide bonds. The van der Waals surface area contributed by atoms with E-state index in [1.165, 1.54) is 26.4 Å². The summed E-state index contributed by atoms with van der Waals surface area (Å²) in [6, 6.07) is 0. The minimum absolute atomic E-state index is 0.245. The second-order valence-electron chi connectivity index (χ2n) is 4.17. The Kier molecular flexibility index (Phi) is 3.69. The zero-order valence-corrected chi connectivity index (χ0v) is 9.22. The van der Waals surface area contributed by atoms with Gasteiger partial charge in [0.05, 0.1) is 7.11 Å². The lowest BCUT2D eigenvalue weighted by Gasteiger charge is -2.39. The maximum absolute atomic E-state index is 11.0. The fourth-order valence-electron chi connectivity index (χ4n) is 1.58. The zero-order valence-electron chi connectivity index (χ0n) is 9.22. The third kappa shape index (κ3) is 2.84. The van der Waals surface area contributed by atoms with Crippen molar-refractivity contribution in [3.63, 3.8) is 0 Å². The molecule has 0 heterocycles. The van der Waals surface area contributed by atoms with E-state index in [2.05, 4.69) is 17.0 Å². The van der Waals surface area contributed by atoms with Gasteiger partial charge in [0, 0.05) is 17.7 Å². The maximum Gasteiger partial charge on any atom is 0.333 e. The quantitative estimate of drug-likeness (QED) is 0.550. The molecule has 1 N–H and O–H groups in total. The number of ether oxygens (including phenoxy) is 1. The van der Waals surface area contributed by atoms with Crippen molar-refractivity contribution in [2.45, 2.75) is 38.6 Å². The molecule has 3 nitrogen and oxygen atoms in total. The fourth-order valence-corrected chi connectivity index (χ4v) is 1.58. The molecular weight excluding hydrogens is 178 g/mol. The van der Waals surface area contributed by atoms with Crippen LogP contribution in [0.3, 0.4) is 0 Å². The summed E-state index contributed by atoms with van der Waals surface area (Å²) in [5.41, 5.74) is 0.968. The first-order valence-electron chi connectivity index (χ1n) is 5.07. The molecule has 3 heteroatoms. The highest BCUT2D eigenvalue weighted by Crippen LogP contribution is 2.30. The Morgan fingerprint density at radius 3 is 2.64 bits per heavy atom. The molecule has 1 fully saturated rings. The molecule has 0 bridgehead atoms. The first kappa shape index (κ1) is 11.2. The summed E-state index contributed by atoms with van der Waals surface area (Å²) in [5.74, 6) is -0.245. The number of esters is 1. The molecule has 0 aromatic rings. The van der Waals surface area contributed by atoms with Crippen molar-refractivity contribution in [1.82, 2.24) is 5.32 Å². The zero-order chi connectivity index (χ0) is 10.6. The Hall–Kier alpha value is -0.830. The molecule has 80 valence electrons. The second-order valence-corrected chi connectivity index (χ2v) is 4.17. The van der Waals surface area contributed by atoms with Gasteiger partial charge < -0.3 is 10.1 Å². The second kappa shape index (κ2) is 4.60. The lowest BCUT2D eigenvalue weighted by Crippen LogP contribution is -2.48. The highest BCUT2D eigenvalue weighted by molar-refractivity contribution is 5.87. The Balaban J connectivity index is 2.28. The third-order valence-electron chi connectivity index (χ3n) is 2.90. The normalized spacial score (nSPS) is 20.1. The first-order chi connectivity index (χ1) is 6.57. The smallest absolute Gasteiger partial charge is 0.333 e. The summed E-state index contributed by atoms with van der Waals surface area (Å²) in [7, 11) is 1.40. The minimum Gasteiger partial charge on any atom is -0.466 e. The van der Waals surface area contributed by atoms with Crippen LogP contribution in [-0.4, -0.2) is 25.2 Å². The van der Waals surface area contributed by atoms with Crippen LogP contribution in [0.4, 0.5) is 0 Å². The van der Waals surface area contributed by atoms with Crippen molar-refractivity contribution < 1.29 is 9.53 Å². The summed E-state index contributed by atoms with van der Waals surface area (Å²) < 4.78 is 4.60. The van der Waals surface area contributed by atoms with Crippen LogP contribution in [0.5, 0.6) is 0 Å². The van der Waals surface area contributed by atoms with E-state index in [-0.39, 0.29) is 5.97 Å². The van der Waals surface area contributed by atoms with Crippen LogP contribution < -0.4 is 5.32 Å². The highest BCUT2D eigenvalue weighted by atomic mass is 16.5. The van der Waals surface area contributed by atoms with E-state index in [0.717, 1.165) is 6.54 Å². The van der Waals surface area contributed by atoms with E-state index in [4.69, 9.17) is 0 Å². The van der Waals surface area contributed by atoms with Crippen molar-refractivity contribution in [1.29, 1.82) is 0 Å². The summed E-state index contributed by atoms with van der Waals surface area (Å²) in [6.07, 6.45) is 5.66. The minimum atomic E-state index is -0.245. The number of carbonyl (C=O) groups is 1. The highest BCUT2D eigenvalue weighted by Gasteiger charge is 2.30. The van der Waals surface area contributed by atoms with Gasteiger partial charge in [0.25, 0.3) is 0 Å². The number of rotatable bonds is 4. The maximum atomic E-state index is 11.0. The fraction of sp³-hybridized carbons (Fsp3) is 0.727. The molecule has 0 unspecified atom stereocenters. The third-order valence-corrected chi connectivity index (χ3v) is 2.90. The SMILES string of the molecule is COC(=O)C(C)=CCNC1(C)CCC1. The molecule has 0 aromatic heterocycles. The van der Waals surface area contributed by atoms with E-state index >= 15 is 0 Å². The molecule has 1 rings (SSSR count). The van der Waals surface area contributed by atoms with Crippen LogP contribution in [0, 0.1) is 0 Å². The molecule has 1 aliphatic carbocycles. The van der Waals surface area contributed by atoms with Crippen molar-refractivity contribution in [3.05, 3.63) is 11.6 Å². The van der Waals surface area contributed by atoms with E-state index in [9.17, 15) is 4.79 Å². The number of hydrogen-bond donors (Lipinski definition) is 1. The number of hydrogen-bond acceptors (Lipinski definition) is 3. The van der Waals surface area contributed by atoms with Gasteiger partial charge in [-0.25, -0.2) is 4.79 Å². The average molecular weight is 197 g/mol. The summed E-state index contributed by atoms with van der Waals surface area (Å²) in [5, 5.41) is 3.42. The van der Waals surface area contributed by atoms with E-state index in [0.29, 0.717) is 11.1 Å². The topological polar surface area (TPSA) is 38.3 Å². The number of nitrogens with one attached hydrogen (secondary N) is 1. The van der Waals surface area contributed by atoms with Crippen LogP contribution in [0.15, 0.2) is 11.6 Å². The van der Waals surface area contributed by atoms with Gasteiger partial charge >= 0.3 is 5.97 Å². The van der Waals surface area contributed by atoms with Gasteiger partial charge in [-0.15, -0.1) is 0 Å². The molecule has 0 atom stereocenters. The van der Waals surface area contributed by atoms with E-state index in [1.807, 2.05) is 6.08 Å². The largest absolute Gasteiger partial charge is 0.466 e. The molecule has 0 saturated heterocycles. The van der Waals surface area contributed by atoms with Gasteiger partial charge in [-0.05, 0) is 33.1 Å². The van der Waals surface area contributed by atoms with Crippen LogP contribution in [0.25, 0.3) is 0 Å². The van der Waals surface area contributed by atoms with Crippen molar-refractivity contribution >= 4 is 5.97 Å². The predicted molar refractivity (Wildman–Crippen MR) is 56.0 cm³/mol. The van der Waals surface area contributed by atoms with Crippen LogP contribution in [0.1, 0.15) is 33.1 Å². The summed E-state index contributed by atoms with van der Waals surface area (Å²) >= 11 is 0. The lowest BCUT2D eigenvalue weighted by atomic mass is 9.78. The summed E-state index contributed by atoms with van der Waals surface area (Å²) in [4.78, 5) is 11.0. The summed E-state index contributed by atoms with van der Waals surface area (Å²) in [6.45, 7) is 4.74. The Morgan fingerprint density at radius 1 is 1.57 bits per heavy atom. The van der Waals surface area contributed by atoms with Gasteiger partial charge in [0.1, 0.15) is 0 Å². The average Bonchev–Trinajstić information content (AvgIpc) is 2.13. The molecule has 0 spiro atoms. The lowest BCUT2D eigenvalue weighted by molar-refractivity contribution is -0.136. The van der Waals surface area contributed by atoms with Crippen molar-refractivity contribution in [2.24, 2.45) is 0 Å². The Labute approximate surface area is 85.5 Å². The molecule has 0 aliphatic heterocycles.